The highest BCUT2D eigenvalue weighted by Crippen LogP contribution is 2.25. The van der Waals surface area contributed by atoms with E-state index in [9.17, 15) is 0 Å². The average molecular weight is 351 g/mol. The predicted molar refractivity (Wildman–Crippen MR) is 100 cm³/mol. The molecule has 0 fully saturated rings. The molecule has 0 spiro atoms. The zero-order valence-electron chi connectivity index (χ0n) is 16.1. The molecule has 0 saturated carbocycles. The Morgan fingerprint density at radius 1 is 0.762 bits per heavy atom. The van der Waals surface area contributed by atoms with Crippen molar-refractivity contribution in [3.05, 3.63) is 0 Å². The van der Waals surface area contributed by atoms with Crippen LogP contribution >= 0.6 is 0 Å². The van der Waals surface area contributed by atoms with Crippen LogP contribution in [0.4, 0.5) is 0 Å². The van der Waals surface area contributed by atoms with E-state index in [0.29, 0.717) is 0 Å². The van der Waals surface area contributed by atoms with Crippen LogP contribution in [0.5, 0.6) is 0 Å². The van der Waals surface area contributed by atoms with Gasteiger partial charge in [-0.1, -0.05) is 20.8 Å². The fraction of sp³-hybridized carbons (Fsp3) is 1.00. The fourth-order valence-corrected chi connectivity index (χ4v) is 14.8. The van der Waals surface area contributed by atoms with Crippen LogP contribution in [0.15, 0.2) is 0 Å². The maximum atomic E-state index is 6.48. The third-order valence-corrected chi connectivity index (χ3v) is 12.1. The van der Waals surface area contributed by atoms with Gasteiger partial charge in [-0.3, -0.25) is 0 Å². The van der Waals surface area contributed by atoms with Gasteiger partial charge in [-0.25, -0.2) is 0 Å². The quantitative estimate of drug-likeness (QED) is 0.422. The molecule has 0 bridgehead atoms. The normalized spacial score (nSPS) is 14.6. The van der Waals surface area contributed by atoms with Gasteiger partial charge in [0.25, 0.3) is 0 Å². The molecule has 0 saturated heterocycles. The smallest absolute Gasteiger partial charge is 0.314 e. The summed E-state index contributed by atoms with van der Waals surface area (Å²) in [5.41, 5.74) is 0.240. The third-order valence-electron chi connectivity index (χ3n) is 2.50. The molecule has 21 heavy (non-hydrogen) atoms. The van der Waals surface area contributed by atoms with Crippen LogP contribution in [0.2, 0.25) is 51.9 Å². The molecule has 0 amide bonds. The summed E-state index contributed by atoms with van der Waals surface area (Å²) in [7, 11) is -5.22. The van der Waals surface area contributed by atoms with Crippen molar-refractivity contribution < 1.29 is 13.0 Å². The topological polar surface area (TPSA) is 27.7 Å². The van der Waals surface area contributed by atoms with Crippen LogP contribution in [-0.2, 0) is 13.0 Å². The zero-order valence-corrected chi connectivity index (χ0v) is 19.1. The molecule has 0 rings (SSSR count). The first kappa shape index (κ1) is 21.5. The molecule has 0 aromatic rings. The molecule has 0 aliphatic carbocycles. The van der Waals surface area contributed by atoms with Crippen LogP contribution < -0.4 is 0 Å². The molecule has 128 valence electrons. The minimum Gasteiger partial charge on any atom is -0.437 e. The lowest BCUT2D eigenvalue weighted by Gasteiger charge is -2.38. The molecule has 3 nitrogen and oxygen atoms in total. The number of rotatable bonds is 9. The predicted octanol–water partition coefficient (Wildman–Crippen LogP) is 5.21. The van der Waals surface area contributed by atoms with E-state index in [0.717, 1.165) is 25.7 Å². The van der Waals surface area contributed by atoms with Crippen molar-refractivity contribution in [3.63, 3.8) is 0 Å². The first-order chi connectivity index (χ1) is 9.12. The van der Waals surface area contributed by atoms with Crippen molar-refractivity contribution >= 4 is 25.2 Å². The molecule has 0 aliphatic heterocycles. The first-order valence-corrected chi connectivity index (χ1v) is 17.4. The van der Waals surface area contributed by atoms with Gasteiger partial charge in [0.1, 0.15) is 0 Å². The molecule has 0 radical (unpaired) electrons. The van der Waals surface area contributed by atoms with E-state index in [1.807, 2.05) is 0 Å². The summed E-state index contributed by atoms with van der Waals surface area (Å²) in [6.45, 7) is 24.0. The lowest BCUT2D eigenvalue weighted by molar-refractivity contribution is 0.0709. The van der Waals surface area contributed by atoms with Crippen molar-refractivity contribution in [2.45, 2.75) is 79.1 Å². The maximum absolute atomic E-state index is 6.48. The first-order valence-electron chi connectivity index (χ1n) is 8.10. The minimum atomic E-state index is -2.07. The van der Waals surface area contributed by atoms with Crippen molar-refractivity contribution in [3.8, 4) is 0 Å². The third kappa shape index (κ3) is 13.9. The van der Waals surface area contributed by atoms with Crippen LogP contribution in [-0.4, -0.2) is 38.4 Å². The summed E-state index contributed by atoms with van der Waals surface area (Å²) < 4.78 is 18.8. The molecule has 0 aromatic carbocycles. The standard InChI is InChI=1S/C15H38O3Si3/c1-15(2,3)14-16-12-11-13-21(10,17-19(4,5)6)18-20(7,8)9/h11-14H2,1-10H3. The minimum absolute atomic E-state index is 0.240. The van der Waals surface area contributed by atoms with Gasteiger partial charge in [0.05, 0.1) is 6.61 Å². The van der Waals surface area contributed by atoms with E-state index in [1.165, 1.54) is 0 Å². The summed E-state index contributed by atoms with van der Waals surface area (Å²) in [4.78, 5) is 0. The Morgan fingerprint density at radius 2 is 1.19 bits per heavy atom. The molecular formula is C15H38O3Si3. The lowest BCUT2D eigenvalue weighted by atomic mass is 9.99. The zero-order chi connectivity index (χ0) is 16.9. The van der Waals surface area contributed by atoms with Gasteiger partial charge in [0.2, 0.25) is 0 Å². The second-order valence-electron chi connectivity index (χ2n) is 9.28. The Bertz CT molecular complexity index is 285. The summed E-state index contributed by atoms with van der Waals surface area (Å²) in [5.74, 6) is 0. The second kappa shape index (κ2) is 7.88. The number of hydrogen-bond donors (Lipinski definition) is 0. The second-order valence-corrected chi connectivity index (χ2v) is 22.1. The van der Waals surface area contributed by atoms with Gasteiger partial charge in [-0.2, -0.15) is 0 Å². The molecule has 0 N–H and O–H groups in total. The largest absolute Gasteiger partial charge is 0.437 e. The number of ether oxygens (including phenoxy) is 1. The Labute approximate surface area is 136 Å². The van der Waals surface area contributed by atoms with Crippen molar-refractivity contribution in [2.24, 2.45) is 5.41 Å². The van der Waals surface area contributed by atoms with Crippen LogP contribution in [0.25, 0.3) is 0 Å². The molecule has 0 atom stereocenters. The highest BCUT2D eigenvalue weighted by atomic mass is 28.5. The van der Waals surface area contributed by atoms with Crippen LogP contribution in [0.3, 0.4) is 0 Å². The van der Waals surface area contributed by atoms with Gasteiger partial charge < -0.3 is 13.0 Å². The summed E-state index contributed by atoms with van der Waals surface area (Å²) in [5, 5.41) is 0. The van der Waals surface area contributed by atoms with E-state index < -0.39 is 25.2 Å². The highest BCUT2D eigenvalue weighted by Gasteiger charge is 2.39. The van der Waals surface area contributed by atoms with Crippen molar-refractivity contribution in [1.29, 1.82) is 0 Å². The van der Waals surface area contributed by atoms with E-state index in [4.69, 9.17) is 13.0 Å². The van der Waals surface area contributed by atoms with Crippen LogP contribution in [0, 0.1) is 5.41 Å². The fourth-order valence-electron chi connectivity index (χ4n) is 2.29. The van der Waals surface area contributed by atoms with Gasteiger partial charge >= 0.3 is 8.56 Å². The molecule has 0 unspecified atom stereocenters. The van der Waals surface area contributed by atoms with Gasteiger partial charge in [-0.05, 0) is 63.7 Å². The van der Waals surface area contributed by atoms with E-state index >= 15 is 0 Å². The lowest BCUT2D eigenvalue weighted by Crippen LogP contribution is -2.52. The molecule has 0 aromatic heterocycles. The Morgan fingerprint density at radius 3 is 1.52 bits per heavy atom. The Kier molecular flexibility index (Phi) is 8.08. The number of hydrogen-bond acceptors (Lipinski definition) is 3. The van der Waals surface area contributed by atoms with E-state index in [-0.39, 0.29) is 5.41 Å². The highest BCUT2D eigenvalue weighted by molar-refractivity contribution is 6.87. The monoisotopic (exact) mass is 350 g/mol. The Hall–Kier alpha value is 0.531. The van der Waals surface area contributed by atoms with Gasteiger partial charge in [-0.15, -0.1) is 0 Å². The molecular weight excluding hydrogens is 312 g/mol. The average Bonchev–Trinajstić information content (AvgIpc) is 2.07. The van der Waals surface area contributed by atoms with E-state index in [1.54, 1.807) is 0 Å². The molecule has 0 aliphatic rings. The summed E-state index contributed by atoms with van der Waals surface area (Å²) in [6.07, 6.45) is 1.04. The SMILES string of the molecule is CC(C)(C)COCCC[Si](C)(O[Si](C)(C)C)O[Si](C)(C)C. The Balaban J connectivity index is 4.42. The van der Waals surface area contributed by atoms with Crippen LogP contribution in [0.1, 0.15) is 27.2 Å². The van der Waals surface area contributed by atoms with Gasteiger partial charge in [0, 0.05) is 6.61 Å². The van der Waals surface area contributed by atoms with Gasteiger partial charge in [0.15, 0.2) is 16.6 Å². The summed E-state index contributed by atoms with van der Waals surface area (Å²) >= 11 is 0. The summed E-state index contributed by atoms with van der Waals surface area (Å²) in [6, 6.07) is 1.03. The van der Waals surface area contributed by atoms with Crippen molar-refractivity contribution in [2.75, 3.05) is 13.2 Å². The van der Waals surface area contributed by atoms with E-state index in [2.05, 4.69) is 66.6 Å². The molecule has 6 heteroatoms. The maximum Gasteiger partial charge on any atom is 0.314 e. The van der Waals surface area contributed by atoms with Crippen molar-refractivity contribution in [1.82, 2.24) is 0 Å². The molecule has 0 heterocycles.